The van der Waals surface area contributed by atoms with E-state index in [1.165, 1.54) is 25.9 Å². The molecule has 0 amide bonds. The number of hydrogen-bond acceptors (Lipinski definition) is 4. The minimum absolute atomic E-state index is 0.684. The summed E-state index contributed by atoms with van der Waals surface area (Å²) in [5.74, 6) is 2.34. The van der Waals surface area contributed by atoms with Crippen LogP contribution in [0.5, 0.6) is 0 Å². The SMILES string of the molecule is CN1CCCC(CCNc2nc(-c3ccc(Br)cc3)nc3cc(Cl)ccc23)C1. The Bertz CT molecular complexity index is 961. The molecule has 0 spiro atoms. The van der Waals surface area contributed by atoms with E-state index in [1.807, 2.05) is 42.5 Å². The van der Waals surface area contributed by atoms with Gasteiger partial charge in [-0.1, -0.05) is 39.7 Å². The first-order valence-corrected chi connectivity index (χ1v) is 10.9. The molecular formula is C22H24BrClN4. The molecule has 146 valence electrons. The first kappa shape index (κ1) is 19.6. The van der Waals surface area contributed by atoms with Crippen molar-refractivity contribution >= 4 is 44.3 Å². The highest BCUT2D eigenvalue weighted by molar-refractivity contribution is 9.10. The van der Waals surface area contributed by atoms with Crippen molar-refractivity contribution < 1.29 is 0 Å². The van der Waals surface area contributed by atoms with Gasteiger partial charge >= 0.3 is 0 Å². The Morgan fingerprint density at radius 3 is 2.79 bits per heavy atom. The third-order valence-electron chi connectivity index (χ3n) is 5.33. The maximum Gasteiger partial charge on any atom is 0.162 e. The molecule has 4 nitrogen and oxygen atoms in total. The van der Waals surface area contributed by atoms with Gasteiger partial charge in [0.25, 0.3) is 0 Å². The van der Waals surface area contributed by atoms with Crippen LogP contribution >= 0.6 is 27.5 Å². The van der Waals surface area contributed by atoms with Crippen LogP contribution in [0.15, 0.2) is 46.9 Å². The Morgan fingerprint density at radius 1 is 1.18 bits per heavy atom. The first-order valence-electron chi connectivity index (χ1n) is 9.74. The molecule has 3 aromatic rings. The summed E-state index contributed by atoms with van der Waals surface area (Å²) in [5.41, 5.74) is 1.85. The number of nitrogens with one attached hydrogen (secondary N) is 1. The molecule has 0 bridgehead atoms. The molecule has 0 saturated carbocycles. The molecule has 1 aliphatic heterocycles. The van der Waals surface area contributed by atoms with Gasteiger partial charge in [0.2, 0.25) is 0 Å². The van der Waals surface area contributed by atoms with E-state index in [0.29, 0.717) is 10.8 Å². The van der Waals surface area contributed by atoms with Gasteiger partial charge in [0.15, 0.2) is 5.82 Å². The van der Waals surface area contributed by atoms with Gasteiger partial charge in [-0.2, -0.15) is 0 Å². The van der Waals surface area contributed by atoms with Crippen molar-refractivity contribution in [3.05, 3.63) is 52.0 Å². The average molecular weight is 460 g/mol. The molecule has 2 heterocycles. The van der Waals surface area contributed by atoms with Crippen LogP contribution in [0.3, 0.4) is 0 Å². The predicted molar refractivity (Wildman–Crippen MR) is 121 cm³/mol. The van der Waals surface area contributed by atoms with E-state index >= 15 is 0 Å². The fraction of sp³-hybridized carbons (Fsp3) is 0.364. The third kappa shape index (κ3) is 4.65. The number of piperidine rings is 1. The zero-order valence-electron chi connectivity index (χ0n) is 16.0. The Balaban J connectivity index is 1.59. The highest BCUT2D eigenvalue weighted by atomic mass is 79.9. The van der Waals surface area contributed by atoms with Gasteiger partial charge in [0.1, 0.15) is 5.82 Å². The molecule has 28 heavy (non-hydrogen) atoms. The van der Waals surface area contributed by atoms with E-state index in [1.54, 1.807) is 0 Å². The molecular weight excluding hydrogens is 436 g/mol. The van der Waals surface area contributed by atoms with E-state index in [2.05, 4.69) is 33.2 Å². The highest BCUT2D eigenvalue weighted by Crippen LogP contribution is 2.28. The van der Waals surface area contributed by atoms with Crippen LogP contribution in [0.1, 0.15) is 19.3 Å². The topological polar surface area (TPSA) is 41.0 Å². The minimum Gasteiger partial charge on any atom is -0.369 e. The standard InChI is InChI=1S/C22H24BrClN4/c1-28-12-2-3-15(14-28)10-11-25-22-19-9-8-18(24)13-20(19)26-21(27-22)16-4-6-17(23)7-5-16/h4-9,13,15H,2-3,10-12,14H2,1H3,(H,25,26,27). The van der Waals surface area contributed by atoms with Crippen molar-refractivity contribution in [3.63, 3.8) is 0 Å². The number of aromatic nitrogens is 2. The van der Waals surface area contributed by atoms with Gasteiger partial charge in [-0.25, -0.2) is 9.97 Å². The van der Waals surface area contributed by atoms with Crippen molar-refractivity contribution in [3.8, 4) is 11.4 Å². The van der Waals surface area contributed by atoms with E-state index in [4.69, 9.17) is 21.6 Å². The maximum absolute atomic E-state index is 6.22. The van der Waals surface area contributed by atoms with Crippen LogP contribution < -0.4 is 5.32 Å². The second-order valence-corrected chi connectivity index (χ2v) is 8.90. The lowest BCUT2D eigenvalue weighted by Crippen LogP contribution is -2.32. The summed E-state index contributed by atoms with van der Waals surface area (Å²) < 4.78 is 1.04. The van der Waals surface area contributed by atoms with Crippen LogP contribution in [0, 0.1) is 5.92 Å². The summed E-state index contributed by atoms with van der Waals surface area (Å²) in [5, 5.41) is 5.26. The molecule has 1 aliphatic rings. The summed E-state index contributed by atoms with van der Waals surface area (Å²) >= 11 is 9.70. The summed E-state index contributed by atoms with van der Waals surface area (Å²) in [7, 11) is 2.21. The van der Waals surface area contributed by atoms with Crippen LogP contribution in [0.4, 0.5) is 5.82 Å². The molecule has 6 heteroatoms. The van der Waals surface area contributed by atoms with Crippen molar-refractivity contribution in [2.75, 3.05) is 32.0 Å². The quantitative estimate of drug-likeness (QED) is 0.519. The van der Waals surface area contributed by atoms with Crippen molar-refractivity contribution in [2.24, 2.45) is 5.92 Å². The largest absolute Gasteiger partial charge is 0.369 e. The van der Waals surface area contributed by atoms with Crippen molar-refractivity contribution in [1.82, 2.24) is 14.9 Å². The molecule has 1 fully saturated rings. The fourth-order valence-corrected chi connectivity index (χ4v) is 4.30. The van der Waals surface area contributed by atoms with Gasteiger partial charge in [-0.15, -0.1) is 0 Å². The number of benzene rings is 2. The van der Waals surface area contributed by atoms with Gasteiger partial charge in [0.05, 0.1) is 5.52 Å². The Labute approximate surface area is 179 Å². The van der Waals surface area contributed by atoms with Gasteiger partial charge in [0, 0.05) is 33.5 Å². The Morgan fingerprint density at radius 2 is 2.00 bits per heavy atom. The fourth-order valence-electron chi connectivity index (χ4n) is 3.87. The molecule has 0 radical (unpaired) electrons. The number of nitrogens with zero attached hydrogens (tertiary/aromatic N) is 3. The van der Waals surface area contributed by atoms with Gasteiger partial charge < -0.3 is 10.2 Å². The van der Waals surface area contributed by atoms with E-state index in [0.717, 1.165) is 45.6 Å². The van der Waals surface area contributed by atoms with E-state index < -0.39 is 0 Å². The molecule has 1 saturated heterocycles. The molecule has 2 aromatic carbocycles. The molecule has 4 rings (SSSR count). The molecule has 1 aromatic heterocycles. The van der Waals surface area contributed by atoms with Crippen molar-refractivity contribution in [2.45, 2.75) is 19.3 Å². The average Bonchev–Trinajstić information content (AvgIpc) is 2.68. The van der Waals surface area contributed by atoms with Crippen LogP contribution in [0.2, 0.25) is 5.02 Å². The number of anilines is 1. The summed E-state index contributed by atoms with van der Waals surface area (Å²) in [6.45, 7) is 3.32. The second kappa shape index (κ2) is 8.76. The monoisotopic (exact) mass is 458 g/mol. The van der Waals surface area contributed by atoms with E-state index in [-0.39, 0.29) is 0 Å². The Hall–Kier alpha value is -1.69. The zero-order chi connectivity index (χ0) is 19.5. The normalized spacial score (nSPS) is 17.8. The van der Waals surface area contributed by atoms with Crippen LogP contribution in [-0.4, -0.2) is 41.5 Å². The lowest BCUT2D eigenvalue weighted by Gasteiger charge is -2.29. The summed E-state index contributed by atoms with van der Waals surface area (Å²) in [6, 6.07) is 13.9. The Kier molecular flexibility index (Phi) is 6.14. The highest BCUT2D eigenvalue weighted by Gasteiger charge is 2.17. The number of fused-ring (bicyclic) bond motifs is 1. The minimum atomic E-state index is 0.684. The van der Waals surface area contributed by atoms with Crippen molar-refractivity contribution in [1.29, 1.82) is 0 Å². The summed E-state index contributed by atoms with van der Waals surface area (Å²) in [4.78, 5) is 12.0. The molecule has 1 atom stereocenters. The maximum atomic E-state index is 6.22. The number of likely N-dealkylation sites (tertiary alicyclic amines) is 1. The summed E-state index contributed by atoms with van der Waals surface area (Å²) in [6.07, 6.45) is 3.76. The lowest BCUT2D eigenvalue weighted by molar-refractivity contribution is 0.205. The molecule has 1 N–H and O–H groups in total. The number of hydrogen-bond donors (Lipinski definition) is 1. The molecule has 1 unspecified atom stereocenters. The van der Waals surface area contributed by atoms with E-state index in [9.17, 15) is 0 Å². The zero-order valence-corrected chi connectivity index (χ0v) is 18.3. The van der Waals surface area contributed by atoms with Gasteiger partial charge in [-0.3, -0.25) is 0 Å². The van der Waals surface area contributed by atoms with Crippen LogP contribution in [0.25, 0.3) is 22.3 Å². The first-order chi connectivity index (χ1) is 13.6. The van der Waals surface area contributed by atoms with Gasteiger partial charge in [-0.05, 0) is 69.1 Å². The third-order valence-corrected chi connectivity index (χ3v) is 6.09. The number of halogens is 2. The lowest BCUT2D eigenvalue weighted by atomic mass is 9.95. The number of rotatable bonds is 5. The predicted octanol–water partition coefficient (Wildman–Crippen LogP) is 5.86. The van der Waals surface area contributed by atoms with Crippen LogP contribution in [-0.2, 0) is 0 Å². The smallest absolute Gasteiger partial charge is 0.162 e. The molecule has 0 aliphatic carbocycles. The second-order valence-electron chi connectivity index (χ2n) is 7.55.